The van der Waals surface area contributed by atoms with Crippen LogP contribution in [-0.2, 0) is 43.0 Å². The van der Waals surface area contributed by atoms with Crippen LogP contribution in [0.25, 0.3) is 0 Å². The van der Waals surface area contributed by atoms with Gasteiger partial charge in [-0.3, -0.25) is 33.6 Å². The standard InChI is InChI=1S/C35H59NO16/c1-5-6-9-21(3)33(52-32(46)17-24(35(49)50)15-30(43)44)28(51-31(45)16-23(34(47)48)14-29(41)42)13-20(2)12-25(38)10-7-8-11-26(39)18-27(40)19-36-22(4)37/h20-21,23-28,33,38-40H,5-19H2,1-4H3,(H,36,37)(H,41,42)(H,43,44)(H,47,48)(H,49,50). The van der Waals surface area contributed by atoms with E-state index in [1.54, 1.807) is 13.8 Å². The summed E-state index contributed by atoms with van der Waals surface area (Å²) in [5.74, 6) is -12.4. The Labute approximate surface area is 304 Å². The molecule has 9 atom stereocenters. The number of aliphatic carboxylic acids is 4. The number of aliphatic hydroxyl groups excluding tert-OH is 3. The molecule has 0 aliphatic carbocycles. The van der Waals surface area contributed by atoms with E-state index < -0.39 is 110 Å². The zero-order valence-electron chi connectivity index (χ0n) is 30.6. The molecule has 0 heterocycles. The van der Waals surface area contributed by atoms with E-state index in [0.29, 0.717) is 38.5 Å². The Morgan fingerprint density at radius 2 is 1.10 bits per heavy atom. The van der Waals surface area contributed by atoms with Crippen molar-refractivity contribution in [3.05, 3.63) is 0 Å². The number of carboxylic acids is 4. The topological polar surface area (TPSA) is 292 Å². The normalized spacial score (nSPS) is 16.5. The number of carbonyl (C=O) groups is 7. The first kappa shape index (κ1) is 48.2. The van der Waals surface area contributed by atoms with Gasteiger partial charge >= 0.3 is 35.8 Å². The number of unbranched alkanes of at least 4 members (excludes halogenated alkanes) is 2. The highest BCUT2D eigenvalue weighted by atomic mass is 16.6. The van der Waals surface area contributed by atoms with Crippen LogP contribution in [0.5, 0.6) is 0 Å². The maximum atomic E-state index is 13.1. The van der Waals surface area contributed by atoms with Gasteiger partial charge in [-0.2, -0.15) is 0 Å². The zero-order valence-corrected chi connectivity index (χ0v) is 30.6. The third-order valence-electron chi connectivity index (χ3n) is 8.62. The maximum absolute atomic E-state index is 13.1. The second-order valence-corrected chi connectivity index (χ2v) is 13.8. The Bertz CT molecular complexity index is 1150. The number of ether oxygens (including phenoxy) is 2. The molecule has 0 aliphatic heterocycles. The number of carboxylic acid groups (broad SMARTS) is 4. The molecule has 0 aromatic rings. The van der Waals surface area contributed by atoms with E-state index in [2.05, 4.69) is 5.32 Å². The number of hydrogen-bond acceptors (Lipinski definition) is 12. The van der Waals surface area contributed by atoms with Gasteiger partial charge in [0.15, 0.2) is 0 Å². The molecule has 0 spiro atoms. The summed E-state index contributed by atoms with van der Waals surface area (Å²) in [4.78, 5) is 82.7. The van der Waals surface area contributed by atoms with Gasteiger partial charge in [0.25, 0.3) is 0 Å². The molecule has 17 nitrogen and oxygen atoms in total. The predicted octanol–water partition coefficient (Wildman–Crippen LogP) is 2.35. The fraction of sp³-hybridized carbons (Fsp3) is 0.800. The van der Waals surface area contributed by atoms with E-state index >= 15 is 0 Å². The molecule has 0 fully saturated rings. The molecule has 17 heteroatoms. The molecule has 52 heavy (non-hydrogen) atoms. The van der Waals surface area contributed by atoms with Crippen molar-refractivity contribution in [1.29, 1.82) is 0 Å². The van der Waals surface area contributed by atoms with Crippen molar-refractivity contribution in [2.75, 3.05) is 6.54 Å². The molecule has 300 valence electrons. The molecular formula is C35H59NO16. The van der Waals surface area contributed by atoms with E-state index in [1.807, 2.05) is 6.92 Å². The third kappa shape index (κ3) is 22.9. The van der Waals surface area contributed by atoms with Gasteiger partial charge in [-0.15, -0.1) is 0 Å². The van der Waals surface area contributed by atoms with Crippen LogP contribution in [-0.4, -0.2) is 115 Å². The number of esters is 2. The van der Waals surface area contributed by atoms with Crippen molar-refractivity contribution < 1.29 is 78.8 Å². The van der Waals surface area contributed by atoms with E-state index in [1.165, 1.54) is 6.92 Å². The molecule has 1 amide bonds. The molecule has 0 bridgehead atoms. The van der Waals surface area contributed by atoms with Crippen molar-refractivity contribution in [2.24, 2.45) is 23.7 Å². The number of carbonyl (C=O) groups excluding carboxylic acids is 3. The molecule has 0 saturated carbocycles. The SMILES string of the molecule is CCCCC(C)C(OC(=O)CC(CC(=O)O)C(=O)O)C(CC(C)CC(O)CCCCC(O)CC(O)CNC(C)=O)OC(=O)CC(CC(=O)O)C(=O)O. The first-order chi connectivity index (χ1) is 24.2. The average molecular weight is 750 g/mol. The summed E-state index contributed by atoms with van der Waals surface area (Å²) in [6.45, 7) is 6.73. The van der Waals surface area contributed by atoms with Gasteiger partial charge in [0.05, 0.1) is 55.8 Å². The summed E-state index contributed by atoms with van der Waals surface area (Å²) in [5, 5.41) is 70.5. The van der Waals surface area contributed by atoms with E-state index in [0.717, 1.165) is 6.42 Å². The quantitative estimate of drug-likeness (QED) is 0.0386. The van der Waals surface area contributed by atoms with Crippen molar-refractivity contribution >= 4 is 41.7 Å². The van der Waals surface area contributed by atoms with E-state index in [-0.39, 0.29) is 37.6 Å². The van der Waals surface area contributed by atoms with Crippen molar-refractivity contribution in [3.63, 3.8) is 0 Å². The van der Waals surface area contributed by atoms with Crippen LogP contribution in [0, 0.1) is 23.7 Å². The lowest BCUT2D eigenvalue weighted by molar-refractivity contribution is -0.177. The smallest absolute Gasteiger partial charge is 0.307 e. The third-order valence-corrected chi connectivity index (χ3v) is 8.62. The van der Waals surface area contributed by atoms with Crippen LogP contribution in [0.4, 0.5) is 0 Å². The van der Waals surface area contributed by atoms with Crippen molar-refractivity contribution in [3.8, 4) is 0 Å². The number of hydrogen-bond donors (Lipinski definition) is 8. The Hall–Kier alpha value is -3.83. The van der Waals surface area contributed by atoms with Crippen LogP contribution in [0.2, 0.25) is 0 Å². The minimum atomic E-state index is -1.60. The molecule has 0 aromatic heterocycles. The molecule has 8 N–H and O–H groups in total. The lowest BCUT2D eigenvalue weighted by atomic mass is 9.87. The van der Waals surface area contributed by atoms with Crippen LogP contribution in [0.15, 0.2) is 0 Å². The molecule has 0 radical (unpaired) electrons. The highest BCUT2D eigenvalue weighted by Gasteiger charge is 2.37. The lowest BCUT2D eigenvalue weighted by Crippen LogP contribution is -2.42. The zero-order chi connectivity index (χ0) is 40.0. The molecular weight excluding hydrogens is 690 g/mol. The van der Waals surface area contributed by atoms with Gasteiger partial charge in [0.1, 0.15) is 12.2 Å². The minimum Gasteiger partial charge on any atom is -0.481 e. The largest absolute Gasteiger partial charge is 0.481 e. The monoisotopic (exact) mass is 749 g/mol. The summed E-state index contributed by atoms with van der Waals surface area (Å²) in [7, 11) is 0. The highest BCUT2D eigenvalue weighted by Crippen LogP contribution is 2.29. The second-order valence-electron chi connectivity index (χ2n) is 13.8. The van der Waals surface area contributed by atoms with Crippen LogP contribution >= 0.6 is 0 Å². The summed E-state index contributed by atoms with van der Waals surface area (Å²) in [6, 6.07) is 0. The Balaban J connectivity index is 5.89. The van der Waals surface area contributed by atoms with Gasteiger partial charge in [-0.25, -0.2) is 0 Å². The summed E-state index contributed by atoms with van der Waals surface area (Å²) >= 11 is 0. The Morgan fingerprint density at radius 1 is 0.615 bits per heavy atom. The molecule has 0 saturated heterocycles. The average Bonchev–Trinajstić information content (AvgIpc) is 3.01. The lowest BCUT2D eigenvalue weighted by Gasteiger charge is -2.33. The van der Waals surface area contributed by atoms with Gasteiger partial charge in [0, 0.05) is 19.9 Å². The van der Waals surface area contributed by atoms with Crippen molar-refractivity contribution in [2.45, 2.75) is 148 Å². The number of aliphatic hydroxyl groups is 3. The first-order valence-electron chi connectivity index (χ1n) is 17.8. The molecule has 9 unspecified atom stereocenters. The number of nitrogens with one attached hydrogen (secondary N) is 1. The Kier molecular flexibility index (Phi) is 24.1. The van der Waals surface area contributed by atoms with Crippen LogP contribution in [0.3, 0.4) is 0 Å². The fourth-order valence-electron chi connectivity index (χ4n) is 5.84. The number of rotatable bonds is 30. The molecule has 0 aliphatic rings. The predicted molar refractivity (Wildman–Crippen MR) is 183 cm³/mol. The summed E-state index contributed by atoms with van der Waals surface area (Å²) < 4.78 is 11.4. The van der Waals surface area contributed by atoms with Crippen LogP contribution in [0.1, 0.15) is 118 Å². The molecule has 0 rings (SSSR count). The fourth-order valence-corrected chi connectivity index (χ4v) is 5.84. The first-order valence-corrected chi connectivity index (χ1v) is 17.8. The Morgan fingerprint density at radius 3 is 1.54 bits per heavy atom. The van der Waals surface area contributed by atoms with Crippen LogP contribution < -0.4 is 5.32 Å². The number of amides is 1. The van der Waals surface area contributed by atoms with Gasteiger partial charge < -0.3 is 50.5 Å². The van der Waals surface area contributed by atoms with E-state index in [9.17, 15) is 59.1 Å². The molecule has 0 aromatic carbocycles. The maximum Gasteiger partial charge on any atom is 0.307 e. The second kappa shape index (κ2) is 26.0. The van der Waals surface area contributed by atoms with E-state index in [4.69, 9.17) is 19.7 Å². The van der Waals surface area contributed by atoms with Gasteiger partial charge in [-0.1, -0.05) is 46.5 Å². The highest BCUT2D eigenvalue weighted by molar-refractivity contribution is 5.84. The van der Waals surface area contributed by atoms with Crippen molar-refractivity contribution in [1.82, 2.24) is 5.32 Å². The minimum absolute atomic E-state index is 0.0102. The van der Waals surface area contributed by atoms with Gasteiger partial charge in [0.2, 0.25) is 5.91 Å². The summed E-state index contributed by atoms with van der Waals surface area (Å²) in [5.41, 5.74) is 0. The summed E-state index contributed by atoms with van der Waals surface area (Å²) in [6.07, 6.45) is -4.26. The van der Waals surface area contributed by atoms with Gasteiger partial charge in [-0.05, 0) is 43.9 Å².